The lowest BCUT2D eigenvalue weighted by atomic mass is 9.82. The van der Waals surface area contributed by atoms with Crippen molar-refractivity contribution in [2.45, 2.75) is 46.0 Å². The lowest BCUT2D eigenvalue weighted by molar-refractivity contribution is -0.120. The van der Waals surface area contributed by atoms with Crippen LogP contribution >= 0.6 is 0 Å². The Morgan fingerprint density at radius 2 is 1.76 bits per heavy atom. The first-order valence-electron chi connectivity index (χ1n) is 6.24. The fraction of sp³-hybridized carbons (Fsp3) is 0.533. The van der Waals surface area contributed by atoms with Crippen LogP contribution in [0.3, 0.4) is 0 Å². The highest BCUT2D eigenvalue weighted by Crippen LogP contribution is 2.27. The van der Waals surface area contributed by atoms with Crippen LogP contribution in [-0.4, -0.2) is 12.4 Å². The smallest absolute Gasteiger partial charge is 0.169 e. The van der Waals surface area contributed by atoms with Gasteiger partial charge in [-0.05, 0) is 29.5 Å². The molecule has 0 aliphatic heterocycles. The Labute approximate surface area is 104 Å². The summed E-state index contributed by atoms with van der Waals surface area (Å²) in [4.78, 5) is 11.1. The first-order valence-corrected chi connectivity index (χ1v) is 6.24. The van der Waals surface area contributed by atoms with E-state index in [9.17, 15) is 4.79 Å². The zero-order valence-corrected chi connectivity index (χ0v) is 11.2. The van der Waals surface area contributed by atoms with Gasteiger partial charge in [0.1, 0.15) is 12.4 Å². The normalized spacial score (nSPS) is 11.3. The zero-order valence-electron chi connectivity index (χ0n) is 11.2. The van der Waals surface area contributed by atoms with Crippen molar-refractivity contribution in [2.75, 3.05) is 6.61 Å². The van der Waals surface area contributed by atoms with Gasteiger partial charge in [-0.15, -0.1) is 0 Å². The molecule has 0 aliphatic rings. The number of benzene rings is 1. The largest absolute Gasteiger partial charge is 0.486 e. The first kappa shape index (κ1) is 13.8. The molecule has 0 radical (unpaired) electrons. The van der Waals surface area contributed by atoms with E-state index in [1.807, 2.05) is 19.1 Å². The van der Waals surface area contributed by atoms with E-state index in [2.05, 4.69) is 32.9 Å². The molecule has 0 fully saturated rings. The van der Waals surface area contributed by atoms with E-state index in [-0.39, 0.29) is 17.8 Å². The third-order valence-corrected chi connectivity index (χ3v) is 3.31. The van der Waals surface area contributed by atoms with Crippen LogP contribution in [-0.2, 0) is 10.2 Å². The predicted molar refractivity (Wildman–Crippen MR) is 70.6 cm³/mol. The topological polar surface area (TPSA) is 26.3 Å². The van der Waals surface area contributed by atoms with Gasteiger partial charge in [-0.1, -0.05) is 39.8 Å². The van der Waals surface area contributed by atoms with Crippen molar-refractivity contribution in [3.8, 4) is 5.75 Å². The summed E-state index contributed by atoms with van der Waals surface area (Å²) < 4.78 is 5.41. The monoisotopic (exact) mass is 234 g/mol. The molecule has 0 aliphatic carbocycles. The van der Waals surface area contributed by atoms with Crippen molar-refractivity contribution in [1.82, 2.24) is 0 Å². The summed E-state index contributed by atoms with van der Waals surface area (Å²) in [5.74, 6) is 0.894. The second kappa shape index (κ2) is 5.85. The highest BCUT2D eigenvalue weighted by atomic mass is 16.5. The first-order chi connectivity index (χ1) is 7.99. The average Bonchev–Trinajstić information content (AvgIpc) is 2.36. The standard InChI is InChI=1S/C15H22O2/c1-5-13(16)11-17-14-9-7-12(8-10-14)15(3,4)6-2/h7-10H,5-6,11H2,1-4H3. The molecule has 94 valence electrons. The average molecular weight is 234 g/mol. The maximum atomic E-state index is 11.1. The Morgan fingerprint density at radius 3 is 2.24 bits per heavy atom. The fourth-order valence-corrected chi connectivity index (χ4v) is 1.47. The number of hydrogen-bond donors (Lipinski definition) is 0. The van der Waals surface area contributed by atoms with Gasteiger partial charge in [-0.3, -0.25) is 4.79 Å². The number of carbonyl (C=O) groups excluding carboxylic acids is 1. The molecular weight excluding hydrogens is 212 g/mol. The van der Waals surface area contributed by atoms with Crippen LogP contribution in [0.15, 0.2) is 24.3 Å². The molecule has 0 saturated carbocycles. The van der Waals surface area contributed by atoms with Gasteiger partial charge in [0, 0.05) is 6.42 Å². The highest BCUT2D eigenvalue weighted by molar-refractivity contribution is 5.79. The number of ketones is 1. The van der Waals surface area contributed by atoms with Gasteiger partial charge in [-0.2, -0.15) is 0 Å². The van der Waals surface area contributed by atoms with E-state index >= 15 is 0 Å². The fourth-order valence-electron chi connectivity index (χ4n) is 1.47. The minimum Gasteiger partial charge on any atom is -0.486 e. The van der Waals surface area contributed by atoms with E-state index < -0.39 is 0 Å². The number of carbonyl (C=O) groups is 1. The van der Waals surface area contributed by atoms with Crippen LogP contribution < -0.4 is 4.74 Å². The Bertz CT molecular complexity index is 363. The van der Waals surface area contributed by atoms with Crippen molar-refractivity contribution in [3.63, 3.8) is 0 Å². The van der Waals surface area contributed by atoms with Gasteiger partial charge in [-0.25, -0.2) is 0 Å². The SMILES string of the molecule is CCC(=O)COc1ccc(C(C)(C)CC)cc1. The van der Waals surface area contributed by atoms with E-state index in [4.69, 9.17) is 4.74 Å². The molecule has 0 bridgehead atoms. The summed E-state index contributed by atoms with van der Waals surface area (Å²) in [6.07, 6.45) is 1.63. The van der Waals surface area contributed by atoms with Crippen LogP contribution in [0.2, 0.25) is 0 Å². The third kappa shape index (κ3) is 3.88. The molecule has 0 unspecified atom stereocenters. The summed E-state index contributed by atoms with van der Waals surface area (Å²) in [6.45, 7) is 8.66. The summed E-state index contributed by atoms with van der Waals surface area (Å²) in [6, 6.07) is 8.04. The van der Waals surface area contributed by atoms with E-state index in [1.165, 1.54) is 5.56 Å². The van der Waals surface area contributed by atoms with Crippen molar-refractivity contribution < 1.29 is 9.53 Å². The summed E-state index contributed by atoms with van der Waals surface area (Å²) in [5.41, 5.74) is 1.49. The lowest BCUT2D eigenvalue weighted by Crippen LogP contribution is -2.15. The summed E-state index contributed by atoms with van der Waals surface area (Å²) in [5, 5.41) is 0. The molecule has 0 N–H and O–H groups in total. The molecule has 1 rings (SSSR count). The second-order valence-electron chi connectivity index (χ2n) is 4.94. The molecule has 2 heteroatoms. The number of Topliss-reactive ketones (excluding diaryl/α,β-unsaturated/α-hetero) is 1. The van der Waals surface area contributed by atoms with Crippen molar-refractivity contribution in [1.29, 1.82) is 0 Å². The molecule has 0 amide bonds. The Kier molecular flexibility index (Phi) is 4.73. The van der Waals surface area contributed by atoms with Crippen molar-refractivity contribution >= 4 is 5.78 Å². The van der Waals surface area contributed by atoms with Crippen LogP contribution in [0, 0.1) is 0 Å². The molecule has 0 atom stereocenters. The van der Waals surface area contributed by atoms with Gasteiger partial charge in [0.15, 0.2) is 5.78 Å². The quantitative estimate of drug-likeness (QED) is 0.749. The van der Waals surface area contributed by atoms with Gasteiger partial charge in [0.05, 0.1) is 0 Å². The van der Waals surface area contributed by atoms with Gasteiger partial charge in [0.25, 0.3) is 0 Å². The summed E-state index contributed by atoms with van der Waals surface area (Å²) >= 11 is 0. The maximum absolute atomic E-state index is 11.1. The van der Waals surface area contributed by atoms with Gasteiger partial charge in [0.2, 0.25) is 0 Å². The Morgan fingerprint density at radius 1 is 1.18 bits per heavy atom. The molecule has 17 heavy (non-hydrogen) atoms. The van der Waals surface area contributed by atoms with Crippen LogP contribution in [0.1, 0.15) is 46.1 Å². The van der Waals surface area contributed by atoms with Gasteiger partial charge >= 0.3 is 0 Å². The molecule has 0 aromatic heterocycles. The zero-order chi connectivity index (χ0) is 12.9. The third-order valence-electron chi connectivity index (χ3n) is 3.31. The molecule has 2 nitrogen and oxygen atoms in total. The predicted octanol–water partition coefficient (Wildman–Crippen LogP) is 3.73. The van der Waals surface area contributed by atoms with Crippen molar-refractivity contribution in [2.24, 2.45) is 0 Å². The molecule has 1 aromatic carbocycles. The minimum absolute atomic E-state index is 0.128. The van der Waals surface area contributed by atoms with Crippen LogP contribution in [0.5, 0.6) is 5.75 Å². The Hall–Kier alpha value is -1.31. The molecule has 1 aromatic rings. The molecule has 0 saturated heterocycles. The lowest BCUT2D eigenvalue weighted by Gasteiger charge is -2.23. The number of hydrogen-bond acceptors (Lipinski definition) is 2. The number of rotatable bonds is 6. The number of ether oxygens (including phenoxy) is 1. The summed E-state index contributed by atoms with van der Waals surface area (Å²) in [7, 11) is 0. The maximum Gasteiger partial charge on any atom is 0.169 e. The highest BCUT2D eigenvalue weighted by Gasteiger charge is 2.17. The van der Waals surface area contributed by atoms with Crippen LogP contribution in [0.25, 0.3) is 0 Å². The van der Waals surface area contributed by atoms with Crippen molar-refractivity contribution in [3.05, 3.63) is 29.8 Å². The van der Waals surface area contributed by atoms with Crippen LogP contribution in [0.4, 0.5) is 0 Å². The van der Waals surface area contributed by atoms with E-state index in [1.54, 1.807) is 0 Å². The second-order valence-corrected chi connectivity index (χ2v) is 4.94. The van der Waals surface area contributed by atoms with E-state index in [0.717, 1.165) is 12.2 Å². The van der Waals surface area contributed by atoms with E-state index in [0.29, 0.717) is 6.42 Å². The minimum atomic E-state index is 0.128. The van der Waals surface area contributed by atoms with Gasteiger partial charge < -0.3 is 4.74 Å². The molecule has 0 spiro atoms. The Balaban J connectivity index is 2.65. The molecular formula is C15H22O2. The molecule has 0 heterocycles.